The number of benzene rings is 1. The predicted molar refractivity (Wildman–Crippen MR) is 101 cm³/mol. The Labute approximate surface area is 154 Å². The zero-order valence-corrected chi connectivity index (χ0v) is 15.2. The normalized spacial score (nSPS) is 16.4. The smallest absolute Gasteiger partial charge is 0.266 e. The first-order chi connectivity index (χ1) is 11.6. The van der Waals surface area contributed by atoms with Crippen LogP contribution in [-0.4, -0.2) is 35.4 Å². The van der Waals surface area contributed by atoms with Crippen LogP contribution in [0.2, 0.25) is 5.02 Å². The van der Waals surface area contributed by atoms with E-state index in [1.54, 1.807) is 30.2 Å². The van der Waals surface area contributed by atoms with Gasteiger partial charge in [-0.3, -0.25) is 9.69 Å². The van der Waals surface area contributed by atoms with Crippen molar-refractivity contribution in [2.75, 3.05) is 20.3 Å². The minimum Gasteiger partial charge on any atom is -0.457 e. The van der Waals surface area contributed by atoms with Crippen LogP contribution in [0, 0.1) is 0 Å². The molecular weight excluding hydrogens is 366 g/mol. The highest BCUT2D eigenvalue weighted by molar-refractivity contribution is 8.26. The first kappa shape index (κ1) is 17.2. The van der Waals surface area contributed by atoms with Gasteiger partial charge in [-0.1, -0.05) is 35.6 Å². The average Bonchev–Trinajstić information content (AvgIpc) is 3.13. The molecule has 1 fully saturated rings. The number of methoxy groups -OCH3 is 1. The number of rotatable bonds is 5. The van der Waals surface area contributed by atoms with E-state index in [0.717, 1.165) is 5.56 Å². The Balaban J connectivity index is 1.78. The van der Waals surface area contributed by atoms with Gasteiger partial charge in [-0.25, -0.2) is 0 Å². The standard InChI is InChI=1S/C17H14ClNO3S2/c1-21-9-8-19-16(20)15(24-17(19)23)10-13-6-7-14(22-13)11-2-4-12(18)5-3-11/h2-7,10H,8-9H2,1H3. The number of thiocarbonyl (C=S) groups is 1. The number of carbonyl (C=O) groups is 1. The Morgan fingerprint density at radius 1 is 1.29 bits per heavy atom. The number of thioether (sulfide) groups is 1. The summed E-state index contributed by atoms with van der Waals surface area (Å²) in [6.07, 6.45) is 1.71. The molecule has 4 nitrogen and oxygen atoms in total. The molecule has 1 aliphatic rings. The molecule has 1 aliphatic heterocycles. The quantitative estimate of drug-likeness (QED) is 0.567. The van der Waals surface area contributed by atoms with Crippen LogP contribution in [0.1, 0.15) is 5.76 Å². The van der Waals surface area contributed by atoms with Crippen molar-refractivity contribution in [2.45, 2.75) is 0 Å². The van der Waals surface area contributed by atoms with Crippen LogP contribution in [0.3, 0.4) is 0 Å². The summed E-state index contributed by atoms with van der Waals surface area (Å²) >= 11 is 12.4. The molecule has 2 aromatic rings. The molecule has 0 radical (unpaired) electrons. The third-order valence-corrected chi connectivity index (χ3v) is 5.05. The second-order valence-corrected chi connectivity index (χ2v) is 7.15. The molecule has 7 heteroatoms. The zero-order chi connectivity index (χ0) is 17.1. The van der Waals surface area contributed by atoms with Crippen molar-refractivity contribution in [1.29, 1.82) is 0 Å². The van der Waals surface area contributed by atoms with E-state index in [1.807, 2.05) is 24.3 Å². The van der Waals surface area contributed by atoms with Crippen molar-refractivity contribution in [3.05, 3.63) is 52.1 Å². The number of halogens is 1. The molecule has 1 amide bonds. The fourth-order valence-electron chi connectivity index (χ4n) is 2.20. The maximum absolute atomic E-state index is 12.4. The van der Waals surface area contributed by atoms with Gasteiger partial charge in [0.1, 0.15) is 15.8 Å². The first-order valence-electron chi connectivity index (χ1n) is 7.18. The molecule has 0 N–H and O–H groups in total. The molecule has 1 aromatic carbocycles. The van der Waals surface area contributed by atoms with E-state index in [0.29, 0.717) is 38.9 Å². The maximum Gasteiger partial charge on any atom is 0.266 e. The minimum absolute atomic E-state index is 0.119. The Morgan fingerprint density at radius 2 is 2.04 bits per heavy atom. The number of hydrogen-bond acceptors (Lipinski definition) is 5. The van der Waals surface area contributed by atoms with E-state index in [1.165, 1.54) is 11.8 Å². The molecule has 0 saturated carbocycles. The predicted octanol–water partition coefficient (Wildman–Crippen LogP) is 4.45. The Morgan fingerprint density at radius 3 is 2.75 bits per heavy atom. The van der Waals surface area contributed by atoms with Gasteiger partial charge < -0.3 is 9.15 Å². The summed E-state index contributed by atoms with van der Waals surface area (Å²) in [5.41, 5.74) is 0.923. The molecule has 2 heterocycles. The third-order valence-electron chi connectivity index (χ3n) is 3.42. The fourth-order valence-corrected chi connectivity index (χ4v) is 3.62. The van der Waals surface area contributed by atoms with Gasteiger partial charge in [0.05, 0.1) is 18.1 Å². The molecule has 1 saturated heterocycles. The second kappa shape index (κ2) is 7.53. The summed E-state index contributed by atoms with van der Waals surface area (Å²) in [4.78, 5) is 14.5. The van der Waals surface area contributed by atoms with Gasteiger partial charge in [0.2, 0.25) is 0 Å². The van der Waals surface area contributed by atoms with Crippen molar-refractivity contribution >= 4 is 51.9 Å². The summed E-state index contributed by atoms with van der Waals surface area (Å²) < 4.78 is 11.3. The summed E-state index contributed by atoms with van der Waals surface area (Å²) in [7, 11) is 1.59. The largest absolute Gasteiger partial charge is 0.457 e. The van der Waals surface area contributed by atoms with Crippen molar-refractivity contribution < 1.29 is 13.9 Å². The van der Waals surface area contributed by atoms with Crippen LogP contribution >= 0.6 is 35.6 Å². The molecule has 0 spiro atoms. The van der Waals surface area contributed by atoms with E-state index in [4.69, 9.17) is 33.0 Å². The average molecular weight is 380 g/mol. The van der Waals surface area contributed by atoms with E-state index in [-0.39, 0.29) is 5.91 Å². The molecule has 0 unspecified atom stereocenters. The van der Waals surface area contributed by atoms with Gasteiger partial charge in [0, 0.05) is 23.8 Å². The lowest BCUT2D eigenvalue weighted by molar-refractivity contribution is -0.122. The van der Waals surface area contributed by atoms with E-state index >= 15 is 0 Å². The second-order valence-electron chi connectivity index (χ2n) is 5.04. The van der Waals surface area contributed by atoms with Gasteiger partial charge in [0.15, 0.2) is 0 Å². The Hall–Kier alpha value is -1.60. The summed E-state index contributed by atoms with van der Waals surface area (Å²) in [6.45, 7) is 0.897. The van der Waals surface area contributed by atoms with Crippen molar-refractivity contribution in [3.8, 4) is 11.3 Å². The highest BCUT2D eigenvalue weighted by Crippen LogP contribution is 2.33. The number of hydrogen-bond donors (Lipinski definition) is 0. The molecule has 124 valence electrons. The minimum atomic E-state index is -0.119. The number of ether oxygens (including phenoxy) is 1. The molecule has 0 atom stereocenters. The molecule has 0 aliphatic carbocycles. The summed E-state index contributed by atoms with van der Waals surface area (Å²) in [5.74, 6) is 1.20. The van der Waals surface area contributed by atoms with Crippen molar-refractivity contribution in [2.24, 2.45) is 0 Å². The van der Waals surface area contributed by atoms with E-state index in [9.17, 15) is 4.79 Å². The van der Waals surface area contributed by atoms with Crippen LogP contribution in [-0.2, 0) is 9.53 Å². The third kappa shape index (κ3) is 3.72. The highest BCUT2D eigenvalue weighted by Gasteiger charge is 2.31. The van der Waals surface area contributed by atoms with Gasteiger partial charge in [-0.2, -0.15) is 0 Å². The Bertz CT molecular complexity index is 798. The molecule has 0 bridgehead atoms. The van der Waals surface area contributed by atoms with Gasteiger partial charge >= 0.3 is 0 Å². The van der Waals surface area contributed by atoms with Gasteiger partial charge in [-0.05, 0) is 36.4 Å². The highest BCUT2D eigenvalue weighted by atomic mass is 35.5. The Kier molecular flexibility index (Phi) is 5.40. The molecule has 1 aromatic heterocycles. The topological polar surface area (TPSA) is 42.7 Å². The number of amides is 1. The lowest BCUT2D eigenvalue weighted by Crippen LogP contribution is -2.31. The van der Waals surface area contributed by atoms with Crippen LogP contribution in [0.5, 0.6) is 0 Å². The zero-order valence-electron chi connectivity index (χ0n) is 12.8. The van der Waals surface area contributed by atoms with Crippen molar-refractivity contribution in [3.63, 3.8) is 0 Å². The molecular formula is C17H14ClNO3S2. The number of furan rings is 1. The lowest BCUT2D eigenvalue weighted by atomic mass is 10.2. The van der Waals surface area contributed by atoms with Crippen molar-refractivity contribution in [1.82, 2.24) is 4.90 Å². The number of carbonyl (C=O) groups excluding carboxylic acids is 1. The fraction of sp³-hybridized carbons (Fsp3) is 0.176. The summed E-state index contributed by atoms with van der Waals surface area (Å²) in [6, 6.07) is 11.1. The van der Waals surface area contributed by atoms with Gasteiger partial charge in [-0.15, -0.1) is 0 Å². The van der Waals surface area contributed by atoms with Crippen LogP contribution in [0.25, 0.3) is 17.4 Å². The monoisotopic (exact) mass is 379 g/mol. The molecule has 3 rings (SSSR count). The van der Waals surface area contributed by atoms with E-state index < -0.39 is 0 Å². The number of nitrogens with zero attached hydrogens (tertiary/aromatic N) is 1. The van der Waals surface area contributed by atoms with Gasteiger partial charge in [0.25, 0.3) is 5.91 Å². The summed E-state index contributed by atoms with van der Waals surface area (Å²) in [5, 5.41) is 0.672. The first-order valence-corrected chi connectivity index (χ1v) is 8.79. The lowest BCUT2D eigenvalue weighted by Gasteiger charge is -2.12. The van der Waals surface area contributed by atoms with Crippen LogP contribution < -0.4 is 0 Å². The maximum atomic E-state index is 12.4. The SMILES string of the molecule is COCCN1C(=O)C(=Cc2ccc(-c3ccc(Cl)cc3)o2)SC1=S. The van der Waals surface area contributed by atoms with E-state index in [2.05, 4.69) is 0 Å². The van der Waals surface area contributed by atoms with Crippen LogP contribution in [0.4, 0.5) is 0 Å². The van der Waals surface area contributed by atoms with Crippen LogP contribution in [0.15, 0.2) is 45.7 Å². The molecule has 24 heavy (non-hydrogen) atoms.